The molecule has 1 amide bonds. The van der Waals surface area contributed by atoms with Crippen LogP contribution in [0.4, 0.5) is 13.2 Å². The SMILES string of the molecule is Cc1cc(C2=[N+]([O-])OC(c3cc(Cl)cc(Cl)c3)(C(F)(F)F)C2)ccc1C(=O)NC1CS(=O)(=O)C1. The highest BCUT2D eigenvalue weighted by molar-refractivity contribution is 7.92. The molecular weight excluding hydrogens is 520 g/mol. The smallest absolute Gasteiger partial charge is 0.381 e. The van der Waals surface area contributed by atoms with Crippen LogP contribution < -0.4 is 5.32 Å². The van der Waals surface area contributed by atoms with Crippen LogP contribution in [0.1, 0.15) is 33.5 Å². The summed E-state index contributed by atoms with van der Waals surface area (Å²) in [6, 6.07) is 6.93. The van der Waals surface area contributed by atoms with Crippen molar-refractivity contribution in [3.8, 4) is 0 Å². The first-order valence-corrected chi connectivity index (χ1v) is 12.5. The van der Waals surface area contributed by atoms with Crippen LogP contribution in [0.25, 0.3) is 0 Å². The van der Waals surface area contributed by atoms with Gasteiger partial charge in [0.2, 0.25) is 5.60 Å². The second-order valence-electron chi connectivity index (χ2n) is 8.23. The van der Waals surface area contributed by atoms with Crippen molar-refractivity contribution in [3.63, 3.8) is 0 Å². The Morgan fingerprint density at radius 1 is 1.18 bits per heavy atom. The van der Waals surface area contributed by atoms with Crippen molar-refractivity contribution in [1.29, 1.82) is 0 Å². The number of nitrogens with zero attached hydrogens (tertiary/aromatic N) is 1. The van der Waals surface area contributed by atoms with Crippen LogP contribution in [0.15, 0.2) is 36.4 Å². The van der Waals surface area contributed by atoms with Crippen molar-refractivity contribution in [2.45, 2.75) is 31.2 Å². The summed E-state index contributed by atoms with van der Waals surface area (Å²) in [4.78, 5) is 17.1. The minimum atomic E-state index is -4.98. The van der Waals surface area contributed by atoms with Crippen LogP contribution in [-0.2, 0) is 20.3 Å². The van der Waals surface area contributed by atoms with Crippen LogP contribution in [-0.4, -0.2) is 48.7 Å². The number of halogens is 5. The van der Waals surface area contributed by atoms with Gasteiger partial charge in [0.1, 0.15) is 0 Å². The summed E-state index contributed by atoms with van der Waals surface area (Å²) >= 11 is 11.8. The summed E-state index contributed by atoms with van der Waals surface area (Å²) in [5.41, 5.74) is -3.00. The van der Waals surface area contributed by atoms with Gasteiger partial charge in [-0.25, -0.2) is 8.42 Å². The Morgan fingerprint density at radius 2 is 1.79 bits per heavy atom. The number of rotatable bonds is 4. The number of carbonyl (C=O) groups excluding carboxylic acids is 1. The molecule has 0 aromatic heterocycles. The van der Waals surface area contributed by atoms with E-state index in [0.29, 0.717) is 5.56 Å². The number of hydrogen-bond acceptors (Lipinski definition) is 5. The van der Waals surface area contributed by atoms with E-state index in [-0.39, 0.29) is 43.3 Å². The molecule has 2 aromatic rings. The third kappa shape index (κ3) is 4.44. The number of carbonyl (C=O) groups is 1. The van der Waals surface area contributed by atoms with Gasteiger partial charge in [-0.3, -0.25) is 10.0 Å². The lowest BCUT2D eigenvalue weighted by Gasteiger charge is -2.32. The molecule has 2 heterocycles. The molecule has 1 fully saturated rings. The molecule has 2 aromatic carbocycles. The highest BCUT2D eigenvalue weighted by Gasteiger charge is 2.62. The molecule has 7 nitrogen and oxygen atoms in total. The topological polar surface area (TPSA) is 98.5 Å². The number of aryl methyl sites for hydroxylation is 1. The molecule has 2 aliphatic rings. The lowest BCUT2D eigenvalue weighted by Crippen LogP contribution is -2.53. The molecule has 34 heavy (non-hydrogen) atoms. The molecule has 182 valence electrons. The molecule has 4 rings (SSSR count). The first-order valence-electron chi connectivity index (χ1n) is 9.88. The summed E-state index contributed by atoms with van der Waals surface area (Å²) in [5.74, 6) is -0.819. The van der Waals surface area contributed by atoms with Crippen molar-refractivity contribution < 1.29 is 36.1 Å². The fourth-order valence-corrected chi connectivity index (χ4v) is 5.82. The van der Waals surface area contributed by atoms with E-state index in [0.717, 1.165) is 12.1 Å². The summed E-state index contributed by atoms with van der Waals surface area (Å²) in [7, 11) is -3.12. The lowest BCUT2D eigenvalue weighted by molar-refractivity contribution is -0.764. The van der Waals surface area contributed by atoms with E-state index in [4.69, 9.17) is 28.0 Å². The number of nitrogens with one attached hydrogen (secondary N) is 1. The summed E-state index contributed by atoms with van der Waals surface area (Å²) in [6.07, 6.45) is -5.83. The van der Waals surface area contributed by atoms with Gasteiger partial charge in [-0.05, 0) is 54.4 Å². The van der Waals surface area contributed by atoms with Crippen molar-refractivity contribution in [1.82, 2.24) is 5.32 Å². The summed E-state index contributed by atoms with van der Waals surface area (Å²) < 4.78 is 65.2. The fourth-order valence-electron chi connectivity index (χ4n) is 4.00. The molecule has 1 N–H and O–H groups in total. The van der Waals surface area contributed by atoms with E-state index < -0.39 is 45.5 Å². The average Bonchev–Trinajstić information content (AvgIpc) is 3.04. The maximum Gasteiger partial charge on any atom is 0.413 e. The van der Waals surface area contributed by atoms with Crippen LogP contribution in [0.5, 0.6) is 0 Å². The third-order valence-corrected chi connectivity index (χ3v) is 7.97. The van der Waals surface area contributed by atoms with E-state index in [1.54, 1.807) is 6.92 Å². The zero-order valence-corrected chi connectivity index (χ0v) is 19.8. The van der Waals surface area contributed by atoms with E-state index >= 15 is 0 Å². The van der Waals surface area contributed by atoms with Gasteiger partial charge in [0.15, 0.2) is 9.84 Å². The van der Waals surface area contributed by atoms with Gasteiger partial charge >= 0.3 is 6.18 Å². The van der Waals surface area contributed by atoms with Gasteiger partial charge in [0.05, 0.1) is 24.0 Å². The number of amides is 1. The summed E-state index contributed by atoms with van der Waals surface area (Å²) in [6.45, 7) is 1.55. The monoisotopic (exact) mass is 536 g/mol. The number of alkyl halides is 3. The van der Waals surface area contributed by atoms with Crippen molar-refractivity contribution >= 4 is 44.7 Å². The normalized spacial score (nSPS) is 22.3. The Hall–Kier alpha value is -2.50. The molecule has 1 atom stereocenters. The molecule has 2 aliphatic heterocycles. The molecule has 13 heteroatoms. The highest BCUT2D eigenvalue weighted by atomic mass is 35.5. The van der Waals surface area contributed by atoms with Gasteiger partial charge < -0.3 is 10.2 Å². The molecule has 0 spiro atoms. The number of benzene rings is 2. The maximum absolute atomic E-state index is 14.2. The van der Waals surface area contributed by atoms with Gasteiger partial charge in [-0.2, -0.15) is 13.2 Å². The zero-order chi connectivity index (χ0) is 25.1. The first-order chi connectivity index (χ1) is 15.7. The van der Waals surface area contributed by atoms with Crippen molar-refractivity contribution in [2.75, 3.05) is 11.5 Å². The molecule has 1 unspecified atom stereocenters. The molecular formula is C21H17Cl2F3N2O5S. The minimum absolute atomic E-state index is 0.0499. The van der Waals surface area contributed by atoms with Crippen molar-refractivity contribution in [3.05, 3.63) is 73.9 Å². The van der Waals surface area contributed by atoms with Gasteiger partial charge in [-0.1, -0.05) is 23.2 Å². The van der Waals surface area contributed by atoms with E-state index in [1.807, 2.05) is 0 Å². The Bertz CT molecular complexity index is 1300. The molecule has 0 aliphatic carbocycles. The van der Waals surface area contributed by atoms with Crippen LogP contribution in [0.2, 0.25) is 10.0 Å². The summed E-state index contributed by atoms with van der Waals surface area (Å²) in [5, 5.41) is 15.0. The average molecular weight is 537 g/mol. The number of sulfone groups is 1. The Kier molecular flexibility index (Phi) is 6.02. The second kappa shape index (κ2) is 8.31. The quantitative estimate of drug-likeness (QED) is 0.597. The predicted octanol–water partition coefficient (Wildman–Crippen LogP) is 3.92. The molecule has 1 saturated heterocycles. The van der Waals surface area contributed by atoms with Gasteiger partial charge in [-0.15, -0.1) is 0 Å². The van der Waals surface area contributed by atoms with Crippen LogP contribution in [0, 0.1) is 12.1 Å². The van der Waals surface area contributed by atoms with Crippen LogP contribution >= 0.6 is 23.2 Å². The maximum atomic E-state index is 14.2. The largest absolute Gasteiger partial charge is 0.413 e. The Morgan fingerprint density at radius 3 is 2.32 bits per heavy atom. The molecule has 0 bridgehead atoms. The fraction of sp³-hybridized carbons (Fsp3) is 0.333. The van der Waals surface area contributed by atoms with E-state index in [2.05, 4.69) is 5.32 Å². The minimum Gasteiger partial charge on any atom is -0.381 e. The standard InChI is InChI=1S/C21H17Cl2F3N2O5S/c1-11-4-12(2-3-17(11)19(29)27-16-9-34(31,32)10-16)18-8-20(21(24,25)26,33-28(18)30)13-5-14(22)7-15(23)6-13/h2-7,16H,8-10H2,1H3,(H,27,29). The van der Waals surface area contributed by atoms with E-state index in [1.165, 1.54) is 24.3 Å². The van der Waals surface area contributed by atoms with E-state index in [9.17, 15) is 31.6 Å². The Labute approximate surface area is 202 Å². The lowest BCUT2D eigenvalue weighted by atomic mass is 9.86. The third-order valence-electron chi connectivity index (χ3n) is 5.71. The second-order valence-corrected chi connectivity index (χ2v) is 11.3. The van der Waals surface area contributed by atoms with Gasteiger partial charge in [0, 0.05) is 26.1 Å². The predicted molar refractivity (Wildman–Crippen MR) is 119 cm³/mol. The van der Waals surface area contributed by atoms with Gasteiger partial charge in [0.25, 0.3) is 11.6 Å². The molecule has 0 radical (unpaired) electrons. The van der Waals surface area contributed by atoms with Crippen molar-refractivity contribution in [2.24, 2.45) is 0 Å². The molecule has 0 saturated carbocycles. The highest BCUT2D eigenvalue weighted by Crippen LogP contribution is 2.49. The van der Waals surface area contributed by atoms with Crippen LogP contribution in [0.3, 0.4) is 0 Å². The number of hydrogen-bond donors (Lipinski definition) is 1. The Balaban J connectivity index is 1.62. The zero-order valence-electron chi connectivity index (χ0n) is 17.4. The first kappa shape index (κ1) is 24.6.